The third-order valence-electron chi connectivity index (χ3n) is 2.08. The van der Waals surface area contributed by atoms with Crippen molar-refractivity contribution in [1.29, 1.82) is 0 Å². The maximum absolute atomic E-state index is 11.3. The zero-order valence-electron chi connectivity index (χ0n) is 8.57. The minimum atomic E-state index is 0.0822. The number of aromatic amines is 1. The van der Waals surface area contributed by atoms with Crippen molar-refractivity contribution in [2.45, 2.75) is 13.8 Å². The highest BCUT2D eigenvalue weighted by Gasteiger charge is 2.12. The zero-order chi connectivity index (χ0) is 10.8. The number of rotatable bonds is 2. The number of hydrogen-bond acceptors (Lipinski definition) is 3. The number of carbonyl (C=O) groups excluding carboxylic acids is 1. The Hall–Kier alpha value is -1.55. The van der Waals surface area contributed by atoms with Crippen LogP contribution in [-0.4, -0.2) is 10.8 Å². The molecule has 0 aliphatic rings. The van der Waals surface area contributed by atoms with Gasteiger partial charge in [-0.25, -0.2) is 9.97 Å². The van der Waals surface area contributed by atoms with Crippen molar-refractivity contribution < 1.29 is 9.78 Å². The van der Waals surface area contributed by atoms with Crippen molar-refractivity contribution >= 4 is 17.1 Å². The van der Waals surface area contributed by atoms with Gasteiger partial charge in [0, 0.05) is 24.6 Å². The summed E-state index contributed by atoms with van der Waals surface area (Å²) in [6.45, 7) is 3.44. The SMILES string of the molecule is CC(=O)c1sc(-c2cc[nH+]cc2)nc1C. The van der Waals surface area contributed by atoms with Gasteiger partial charge in [-0.1, -0.05) is 0 Å². The van der Waals surface area contributed by atoms with Gasteiger partial charge in [-0.15, -0.1) is 11.3 Å². The standard InChI is InChI=1S/C11H10N2OS/c1-7-10(8(2)14)15-11(13-7)9-3-5-12-6-4-9/h3-6H,1-2H3/p+1. The van der Waals surface area contributed by atoms with Crippen molar-refractivity contribution in [3.63, 3.8) is 0 Å². The molecule has 2 rings (SSSR count). The lowest BCUT2D eigenvalue weighted by Gasteiger charge is -1.89. The van der Waals surface area contributed by atoms with Gasteiger partial charge in [0.2, 0.25) is 0 Å². The average Bonchev–Trinajstić information content (AvgIpc) is 2.62. The molecular formula is C11H11N2OS+. The molecule has 0 saturated heterocycles. The van der Waals surface area contributed by atoms with Gasteiger partial charge in [0.05, 0.1) is 10.6 Å². The lowest BCUT2D eigenvalue weighted by Crippen LogP contribution is -1.96. The van der Waals surface area contributed by atoms with Crippen molar-refractivity contribution in [3.8, 4) is 10.6 Å². The Morgan fingerprint density at radius 3 is 2.60 bits per heavy atom. The quantitative estimate of drug-likeness (QED) is 0.726. The Morgan fingerprint density at radius 2 is 2.07 bits per heavy atom. The van der Waals surface area contributed by atoms with Crippen LogP contribution in [0, 0.1) is 6.92 Å². The van der Waals surface area contributed by atoms with Crippen LogP contribution in [0.5, 0.6) is 0 Å². The second kappa shape index (κ2) is 3.90. The molecule has 3 nitrogen and oxygen atoms in total. The Kier molecular flexibility index (Phi) is 2.60. The van der Waals surface area contributed by atoms with Gasteiger partial charge in [0.15, 0.2) is 18.2 Å². The number of H-pyrrole nitrogens is 1. The summed E-state index contributed by atoms with van der Waals surface area (Å²) < 4.78 is 0. The summed E-state index contributed by atoms with van der Waals surface area (Å²) in [5, 5.41) is 0.895. The highest BCUT2D eigenvalue weighted by atomic mass is 32.1. The van der Waals surface area contributed by atoms with E-state index in [0.29, 0.717) is 0 Å². The smallest absolute Gasteiger partial charge is 0.171 e. The van der Waals surface area contributed by atoms with Crippen molar-refractivity contribution in [2.24, 2.45) is 0 Å². The van der Waals surface area contributed by atoms with Crippen LogP contribution >= 0.6 is 11.3 Å². The number of nitrogens with one attached hydrogen (secondary N) is 1. The highest BCUT2D eigenvalue weighted by Crippen LogP contribution is 2.27. The number of aromatic nitrogens is 2. The molecule has 0 saturated carbocycles. The Morgan fingerprint density at radius 1 is 1.40 bits per heavy atom. The van der Waals surface area contributed by atoms with Crippen molar-refractivity contribution in [1.82, 2.24) is 4.98 Å². The molecule has 2 aromatic rings. The van der Waals surface area contributed by atoms with E-state index >= 15 is 0 Å². The summed E-state index contributed by atoms with van der Waals surface area (Å²) in [7, 11) is 0. The van der Waals surface area contributed by atoms with Crippen LogP contribution in [0.2, 0.25) is 0 Å². The number of pyridine rings is 1. The molecular weight excluding hydrogens is 208 g/mol. The second-order valence-electron chi connectivity index (χ2n) is 3.28. The molecule has 15 heavy (non-hydrogen) atoms. The van der Waals surface area contributed by atoms with Crippen LogP contribution in [0.25, 0.3) is 10.6 Å². The number of Topliss-reactive ketones (excluding diaryl/α,β-unsaturated/α-hetero) is 1. The number of hydrogen-bond donors (Lipinski definition) is 0. The molecule has 2 aromatic heterocycles. The third-order valence-corrected chi connectivity index (χ3v) is 3.39. The summed E-state index contributed by atoms with van der Waals surface area (Å²) >= 11 is 1.45. The van der Waals surface area contributed by atoms with E-state index in [0.717, 1.165) is 21.1 Å². The lowest BCUT2D eigenvalue weighted by molar-refractivity contribution is -0.377. The summed E-state index contributed by atoms with van der Waals surface area (Å²) in [4.78, 5) is 19.4. The second-order valence-corrected chi connectivity index (χ2v) is 4.28. The fourth-order valence-corrected chi connectivity index (χ4v) is 2.34. The summed E-state index contributed by atoms with van der Waals surface area (Å²) in [5.74, 6) is 0.0822. The molecule has 0 amide bonds. The first-order valence-corrected chi connectivity index (χ1v) is 5.45. The summed E-state index contributed by atoms with van der Waals surface area (Å²) in [6, 6.07) is 3.89. The third kappa shape index (κ3) is 1.94. The Bertz CT molecular complexity index is 491. The molecule has 2 heterocycles. The molecule has 0 aliphatic carbocycles. The molecule has 0 aliphatic heterocycles. The van der Waals surface area contributed by atoms with Crippen LogP contribution in [0.1, 0.15) is 22.3 Å². The van der Waals surface area contributed by atoms with E-state index in [2.05, 4.69) is 9.97 Å². The molecule has 0 unspecified atom stereocenters. The van der Waals surface area contributed by atoms with Gasteiger partial charge in [0.25, 0.3) is 0 Å². The normalized spacial score (nSPS) is 10.3. The first-order valence-electron chi connectivity index (χ1n) is 4.63. The van der Waals surface area contributed by atoms with E-state index in [1.165, 1.54) is 11.3 Å². The van der Waals surface area contributed by atoms with Gasteiger partial charge in [-0.05, 0) is 6.92 Å². The van der Waals surface area contributed by atoms with Gasteiger partial charge < -0.3 is 0 Å². The molecule has 4 heteroatoms. The Balaban J connectivity index is 2.48. The van der Waals surface area contributed by atoms with Crippen molar-refractivity contribution in [3.05, 3.63) is 35.1 Å². The maximum Gasteiger partial charge on any atom is 0.171 e. The van der Waals surface area contributed by atoms with E-state index in [4.69, 9.17) is 0 Å². The molecule has 76 valence electrons. The van der Waals surface area contributed by atoms with Crippen LogP contribution < -0.4 is 4.98 Å². The molecule has 0 fully saturated rings. The zero-order valence-corrected chi connectivity index (χ0v) is 9.39. The molecule has 0 radical (unpaired) electrons. The first-order chi connectivity index (χ1) is 7.18. The first kappa shape index (κ1) is 9.98. The largest absolute Gasteiger partial charge is 0.294 e. The predicted octanol–water partition coefficient (Wildman–Crippen LogP) is 2.14. The molecule has 0 aromatic carbocycles. The van der Waals surface area contributed by atoms with E-state index in [-0.39, 0.29) is 5.78 Å². The van der Waals surface area contributed by atoms with E-state index in [9.17, 15) is 4.79 Å². The van der Waals surface area contributed by atoms with Gasteiger partial charge >= 0.3 is 0 Å². The average molecular weight is 219 g/mol. The topological polar surface area (TPSA) is 44.1 Å². The van der Waals surface area contributed by atoms with E-state index < -0.39 is 0 Å². The van der Waals surface area contributed by atoms with Crippen LogP contribution in [0.4, 0.5) is 0 Å². The minimum Gasteiger partial charge on any atom is -0.294 e. The number of ketones is 1. The number of thiazole rings is 1. The molecule has 0 atom stereocenters. The van der Waals surface area contributed by atoms with Crippen molar-refractivity contribution in [2.75, 3.05) is 0 Å². The molecule has 1 N–H and O–H groups in total. The van der Waals surface area contributed by atoms with Gasteiger partial charge in [0.1, 0.15) is 5.01 Å². The fourth-order valence-electron chi connectivity index (χ4n) is 1.38. The lowest BCUT2D eigenvalue weighted by atomic mass is 10.3. The Labute approximate surface area is 91.8 Å². The summed E-state index contributed by atoms with van der Waals surface area (Å²) in [5.41, 5.74) is 1.85. The number of aryl methyl sites for hydroxylation is 1. The number of carbonyl (C=O) groups is 1. The monoisotopic (exact) mass is 219 g/mol. The van der Waals surface area contributed by atoms with E-state index in [1.807, 2.05) is 31.5 Å². The minimum absolute atomic E-state index is 0.0822. The summed E-state index contributed by atoms with van der Waals surface area (Å²) in [6.07, 6.45) is 3.69. The van der Waals surface area contributed by atoms with E-state index in [1.54, 1.807) is 6.92 Å². The number of nitrogens with zero attached hydrogens (tertiary/aromatic N) is 1. The van der Waals surface area contributed by atoms with Crippen LogP contribution in [-0.2, 0) is 0 Å². The van der Waals surface area contributed by atoms with Gasteiger partial charge in [-0.3, -0.25) is 4.79 Å². The maximum atomic E-state index is 11.3. The van der Waals surface area contributed by atoms with Crippen LogP contribution in [0.15, 0.2) is 24.5 Å². The highest BCUT2D eigenvalue weighted by molar-refractivity contribution is 7.17. The van der Waals surface area contributed by atoms with Crippen LogP contribution in [0.3, 0.4) is 0 Å². The molecule has 0 spiro atoms. The predicted molar refractivity (Wildman–Crippen MR) is 58.8 cm³/mol. The fraction of sp³-hybridized carbons (Fsp3) is 0.182. The van der Waals surface area contributed by atoms with Gasteiger partial charge in [-0.2, -0.15) is 0 Å². The molecule has 0 bridgehead atoms.